The highest BCUT2D eigenvalue weighted by molar-refractivity contribution is 6.32. The first-order chi connectivity index (χ1) is 35.8. The molecule has 0 aliphatic heterocycles. The van der Waals surface area contributed by atoms with E-state index in [1.165, 1.54) is 105 Å². The molecule has 0 heterocycles. The third kappa shape index (κ3) is 6.57. The van der Waals surface area contributed by atoms with Gasteiger partial charge >= 0.3 is 0 Å². The van der Waals surface area contributed by atoms with Crippen LogP contribution in [0.25, 0.3) is 71.3 Å². The van der Waals surface area contributed by atoms with Crippen molar-refractivity contribution >= 4 is 66.3 Å². The SMILES string of the molecule is CC1(C)c2ccccc2-c2ccc(N(C3=CCCC=C3)c3cc(-c4ccccc4)c4ccc5c(N(c6ccccc6)c6ccc7c(c6)C(C)(C)c6ccccc6-7)cc(C6=CC=CC=C=C6)c6ccc3c4c65)cc21. The van der Waals surface area contributed by atoms with Gasteiger partial charge in [-0.25, -0.2) is 0 Å². The molecule has 0 saturated carbocycles. The van der Waals surface area contributed by atoms with Gasteiger partial charge in [0.2, 0.25) is 0 Å². The van der Waals surface area contributed by atoms with Crippen molar-refractivity contribution in [3.8, 4) is 33.4 Å². The van der Waals surface area contributed by atoms with E-state index >= 15 is 0 Å². The van der Waals surface area contributed by atoms with E-state index in [2.05, 4.69) is 268 Å². The molecule has 0 radical (unpaired) electrons. The number of anilines is 5. The van der Waals surface area contributed by atoms with Gasteiger partial charge in [-0.05, 0) is 157 Å². The molecule has 0 saturated heterocycles. The number of rotatable bonds is 8. The molecule has 0 amide bonds. The van der Waals surface area contributed by atoms with Gasteiger partial charge in [0.1, 0.15) is 0 Å². The molecule has 0 aromatic heterocycles. The Bertz CT molecular complexity index is 4110. The second-order valence-electron chi connectivity index (χ2n) is 21.2. The van der Waals surface area contributed by atoms with Gasteiger partial charge in [0.05, 0.1) is 11.4 Å². The number of hydrogen-bond acceptors (Lipinski definition) is 2. The van der Waals surface area contributed by atoms with Crippen molar-refractivity contribution in [1.82, 2.24) is 0 Å². The third-order valence-electron chi connectivity index (χ3n) is 16.4. The van der Waals surface area contributed by atoms with Crippen molar-refractivity contribution in [2.45, 2.75) is 51.4 Å². The van der Waals surface area contributed by atoms with Gasteiger partial charge in [-0.3, -0.25) is 0 Å². The predicted molar refractivity (Wildman–Crippen MR) is 310 cm³/mol. The molecule has 14 rings (SSSR count). The van der Waals surface area contributed by atoms with Crippen LogP contribution in [0.4, 0.5) is 28.4 Å². The average Bonchev–Trinajstić information content (AvgIpc) is 3.61. The minimum Gasteiger partial charge on any atom is -0.310 e. The average molecular weight is 935 g/mol. The summed E-state index contributed by atoms with van der Waals surface area (Å²) >= 11 is 0. The van der Waals surface area contributed by atoms with Crippen molar-refractivity contribution in [3.05, 3.63) is 270 Å². The molecule has 0 unspecified atom stereocenters. The van der Waals surface area contributed by atoms with Gasteiger partial charge in [0.25, 0.3) is 0 Å². The number of allylic oxidation sites excluding steroid dienone is 8. The van der Waals surface area contributed by atoms with Gasteiger partial charge in [-0.15, -0.1) is 5.73 Å². The van der Waals surface area contributed by atoms with Crippen molar-refractivity contribution in [2.24, 2.45) is 0 Å². The highest BCUT2D eigenvalue weighted by Crippen LogP contribution is 2.55. The number of benzene rings is 10. The maximum absolute atomic E-state index is 3.48. The summed E-state index contributed by atoms with van der Waals surface area (Å²) in [6.07, 6.45) is 19.7. The first kappa shape index (κ1) is 43.1. The van der Waals surface area contributed by atoms with Crippen LogP contribution in [-0.2, 0) is 10.8 Å². The Kier molecular flexibility index (Phi) is 9.71. The first-order valence-electron chi connectivity index (χ1n) is 25.9. The van der Waals surface area contributed by atoms with Crippen LogP contribution in [0.3, 0.4) is 0 Å². The highest BCUT2D eigenvalue weighted by atomic mass is 15.2. The van der Waals surface area contributed by atoms with Crippen LogP contribution in [0.1, 0.15) is 68.4 Å². The zero-order valence-corrected chi connectivity index (χ0v) is 41.7. The summed E-state index contributed by atoms with van der Waals surface area (Å²) in [6, 6.07) is 68.8. The third-order valence-corrected chi connectivity index (χ3v) is 16.4. The topological polar surface area (TPSA) is 6.48 Å². The normalized spacial score (nSPS) is 15.5. The molecule has 0 fully saturated rings. The molecule has 4 aliphatic carbocycles. The molecule has 0 spiro atoms. The Labute approximate surface area is 428 Å². The van der Waals surface area contributed by atoms with E-state index in [1.54, 1.807) is 0 Å². The number of fused-ring (bicyclic) bond motifs is 6. The van der Waals surface area contributed by atoms with Crippen molar-refractivity contribution in [2.75, 3.05) is 9.80 Å². The van der Waals surface area contributed by atoms with Crippen LogP contribution in [0, 0.1) is 0 Å². The first-order valence-corrected chi connectivity index (χ1v) is 25.9. The molecular weight excluding hydrogens is 881 g/mol. The lowest BCUT2D eigenvalue weighted by atomic mass is 9.82. The fourth-order valence-corrected chi connectivity index (χ4v) is 12.9. The van der Waals surface area contributed by atoms with Gasteiger partial charge in [-0.1, -0.05) is 192 Å². The Balaban J connectivity index is 1.09. The van der Waals surface area contributed by atoms with Crippen LogP contribution in [-0.4, -0.2) is 0 Å². The number of para-hydroxylation sites is 1. The summed E-state index contributed by atoms with van der Waals surface area (Å²) in [4.78, 5) is 5.07. The molecule has 4 aliphatic rings. The smallest absolute Gasteiger partial charge is 0.0546 e. The molecule has 2 heteroatoms. The Hall–Kier alpha value is -8.68. The monoisotopic (exact) mass is 934 g/mol. The molecule has 73 heavy (non-hydrogen) atoms. The standard InChI is InChI=1S/C71H54N2/c1-70(2)62-32-20-18-30-52(62)54-36-34-50(42-64(54)70)72(48-26-14-8-15-27-48)66-44-60(46-22-10-5-6-11-23-46)56-38-40-59-67(45-61(47-24-12-7-13-25-47)57-39-41-58(66)68(56)69(57)59)73(49-28-16-9-17-29-49)51-35-37-55-53-31-19-21-33-63(53)71(3,4)65(55)43-51/h5-8,10,12-16,18-45H,9,17H2,1-4H3. The van der Waals surface area contributed by atoms with Crippen LogP contribution < -0.4 is 9.80 Å². The summed E-state index contributed by atoms with van der Waals surface area (Å²) in [5.74, 6) is 0. The van der Waals surface area contributed by atoms with E-state index in [9.17, 15) is 0 Å². The second-order valence-corrected chi connectivity index (χ2v) is 21.2. The lowest BCUT2D eigenvalue weighted by Gasteiger charge is -2.33. The molecule has 2 nitrogen and oxygen atoms in total. The fourth-order valence-electron chi connectivity index (χ4n) is 12.9. The lowest BCUT2D eigenvalue weighted by Crippen LogP contribution is -2.19. The van der Waals surface area contributed by atoms with Crippen LogP contribution in [0.15, 0.2) is 242 Å². The summed E-state index contributed by atoms with van der Waals surface area (Å²) in [5.41, 5.74) is 25.5. The summed E-state index contributed by atoms with van der Waals surface area (Å²) in [5, 5.41) is 7.37. The van der Waals surface area contributed by atoms with Gasteiger partial charge in [-0.2, -0.15) is 0 Å². The zero-order chi connectivity index (χ0) is 49.0. The molecule has 0 bridgehead atoms. The zero-order valence-electron chi connectivity index (χ0n) is 41.7. The minimum atomic E-state index is -0.162. The molecule has 10 aromatic rings. The maximum Gasteiger partial charge on any atom is 0.0546 e. The quantitative estimate of drug-likeness (QED) is 0.111. The number of hydrogen-bond donors (Lipinski definition) is 0. The predicted octanol–water partition coefficient (Wildman–Crippen LogP) is 19.4. The van der Waals surface area contributed by atoms with E-state index in [4.69, 9.17) is 0 Å². The van der Waals surface area contributed by atoms with E-state index < -0.39 is 0 Å². The lowest BCUT2D eigenvalue weighted by molar-refractivity contribution is 0.660. The summed E-state index contributed by atoms with van der Waals surface area (Å²) < 4.78 is 0. The molecule has 10 aromatic carbocycles. The van der Waals surface area contributed by atoms with Crippen LogP contribution in [0.5, 0.6) is 0 Å². The molecule has 0 atom stereocenters. The number of nitrogens with zero attached hydrogens (tertiary/aromatic N) is 2. The van der Waals surface area contributed by atoms with E-state index in [1.807, 2.05) is 6.08 Å². The Morgan fingerprint density at radius 3 is 1.59 bits per heavy atom. The van der Waals surface area contributed by atoms with E-state index in [0.29, 0.717) is 0 Å². The molecule has 0 N–H and O–H groups in total. The maximum atomic E-state index is 3.48. The highest BCUT2D eigenvalue weighted by Gasteiger charge is 2.38. The Morgan fingerprint density at radius 1 is 0.425 bits per heavy atom. The summed E-state index contributed by atoms with van der Waals surface area (Å²) in [6.45, 7) is 9.52. The van der Waals surface area contributed by atoms with E-state index in [-0.39, 0.29) is 10.8 Å². The largest absolute Gasteiger partial charge is 0.310 e. The second kappa shape index (κ2) is 16.4. The minimum absolute atomic E-state index is 0.149. The van der Waals surface area contributed by atoms with Gasteiger partial charge in [0, 0.05) is 55.1 Å². The van der Waals surface area contributed by atoms with Crippen LogP contribution >= 0.6 is 0 Å². The van der Waals surface area contributed by atoms with Crippen LogP contribution in [0.2, 0.25) is 0 Å². The Morgan fingerprint density at radius 2 is 0.959 bits per heavy atom. The van der Waals surface area contributed by atoms with Crippen molar-refractivity contribution in [3.63, 3.8) is 0 Å². The van der Waals surface area contributed by atoms with Crippen molar-refractivity contribution < 1.29 is 0 Å². The van der Waals surface area contributed by atoms with Gasteiger partial charge < -0.3 is 9.80 Å². The van der Waals surface area contributed by atoms with Gasteiger partial charge in [0.15, 0.2) is 0 Å². The van der Waals surface area contributed by atoms with E-state index in [0.717, 1.165) is 41.2 Å². The van der Waals surface area contributed by atoms with Crippen molar-refractivity contribution in [1.29, 1.82) is 0 Å². The fraction of sp³-hybridized carbons (Fsp3) is 0.113. The molecule has 348 valence electrons. The summed E-state index contributed by atoms with van der Waals surface area (Å²) in [7, 11) is 0. The molecular formula is C71H54N2.